The third-order valence-electron chi connectivity index (χ3n) is 5.69. The van der Waals surface area contributed by atoms with Crippen LogP contribution in [0.5, 0.6) is 5.75 Å². The van der Waals surface area contributed by atoms with E-state index in [0.717, 1.165) is 16.8 Å². The molecule has 2 saturated heterocycles. The standard InChI is InChI=1S/C21H23ClN4O3/c1-29-19-8-16(22)3-4-17(19)13-2-5-18(24-9-13)15-11-26(12-15)21(28)25-7-6-14(10-25)20(23)27/h2-5,8-9,14-15H,6-7,10-12H2,1H3,(H2,23,27). The Balaban J connectivity index is 1.37. The summed E-state index contributed by atoms with van der Waals surface area (Å²) in [6, 6.07) is 9.50. The summed E-state index contributed by atoms with van der Waals surface area (Å²) in [5.41, 5.74) is 8.19. The van der Waals surface area contributed by atoms with Gasteiger partial charge in [0.1, 0.15) is 5.75 Å². The third-order valence-corrected chi connectivity index (χ3v) is 5.93. The second-order valence-corrected chi connectivity index (χ2v) is 7.97. The van der Waals surface area contributed by atoms with Crippen molar-refractivity contribution in [2.24, 2.45) is 11.7 Å². The second-order valence-electron chi connectivity index (χ2n) is 7.53. The molecule has 3 heterocycles. The smallest absolute Gasteiger partial charge is 0.320 e. The molecule has 1 aromatic heterocycles. The molecule has 1 unspecified atom stereocenters. The molecule has 0 spiro atoms. The molecule has 0 bridgehead atoms. The Morgan fingerprint density at radius 2 is 1.97 bits per heavy atom. The van der Waals surface area contributed by atoms with E-state index in [1.807, 2.05) is 30.5 Å². The lowest BCUT2D eigenvalue weighted by molar-refractivity contribution is -0.121. The summed E-state index contributed by atoms with van der Waals surface area (Å²) >= 11 is 6.03. The van der Waals surface area contributed by atoms with Crippen molar-refractivity contribution in [2.75, 3.05) is 33.3 Å². The summed E-state index contributed by atoms with van der Waals surface area (Å²) in [5, 5.41) is 0.620. The first-order chi connectivity index (χ1) is 14.0. The van der Waals surface area contributed by atoms with Gasteiger partial charge < -0.3 is 20.3 Å². The number of rotatable bonds is 4. The summed E-state index contributed by atoms with van der Waals surface area (Å²) in [5.74, 6) is 0.362. The van der Waals surface area contributed by atoms with Gasteiger partial charge in [-0.15, -0.1) is 0 Å². The number of hydrogen-bond donors (Lipinski definition) is 1. The molecule has 2 aromatic rings. The molecule has 3 amide bonds. The Kier molecular flexibility index (Phi) is 5.32. The normalized spacial score (nSPS) is 19.2. The molecule has 7 nitrogen and oxygen atoms in total. The molecule has 2 N–H and O–H groups in total. The molecule has 29 heavy (non-hydrogen) atoms. The van der Waals surface area contributed by atoms with Crippen LogP contribution in [0, 0.1) is 5.92 Å². The highest BCUT2D eigenvalue weighted by Crippen LogP contribution is 2.34. The number of carbonyl (C=O) groups excluding carboxylic acids is 2. The zero-order valence-corrected chi connectivity index (χ0v) is 16.9. The molecule has 8 heteroatoms. The molecule has 2 fully saturated rings. The van der Waals surface area contributed by atoms with E-state index in [9.17, 15) is 9.59 Å². The Morgan fingerprint density at radius 3 is 2.59 bits per heavy atom. The lowest BCUT2D eigenvalue weighted by Gasteiger charge is -2.40. The average Bonchev–Trinajstić information content (AvgIpc) is 3.18. The minimum atomic E-state index is -0.330. The van der Waals surface area contributed by atoms with Crippen molar-refractivity contribution in [3.8, 4) is 16.9 Å². The molecule has 4 rings (SSSR count). The van der Waals surface area contributed by atoms with Gasteiger partial charge in [0.25, 0.3) is 0 Å². The maximum atomic E-state index is 12.6. The first-order valence-corrected chi connectivity index (χ1v) is 9.97. The number of ether oxygens (including phenoxy) is 1. The van der Waals surface area contributed by atoms with Crippen LogP contribution in [0.15, 0.2) is 36.5 Å². The number of hydrogen-bond acceptors (Lipinski definition) is 4. The van der Waals surface area contributed by atoms with Crippen LogP contribution in [-0.4, -0.2) is 60.0 Å². The Hall–Kier alpha value is -2.80. The van der Waals surface area contributed by atoms with Crippen molar-refractivity contribution in [2.45, 2.75) is 12.3 Å². The summed E-state index contributed by atoms with van der Waals surface area (Å²) < 4.78 is 5.41. The highest BCUT2D eigenvalue weighted by Gasteiger charge is 2.38. The summed E-state index contributed by atoms with van der Waals surface area (Å²) in [7, 11) is 1.61. The number of urea groups is 1. The van der Waals surface area contributed by atoms with Gasteiger partial charge >= 0.3 is 6.03 Å². The van der Waals surface area contributed by atoms with Crippen LogP contribution >= 0.6 is 11.6 Å². The molecule has 1 atom stereocenters. The van der Waals surface area contributed by atoms with Gasteiger partial charge in [-0.3, -0.25) is 9.78 Å². The highest BCUT2D eigenvalue weighted by molar-refractivity contribution is 6.30. The van der Waals surface area contributed by atoms with Crippen molar-refractivity contribution in [1.29, 1.82) is 0 Å². The van der Waals surface area contributed by atoms with E-state index in [2.05, 4.69) is 4.98 Å². The van der Waals surface area contributed by atoms with E-state index in [4.69, 9.17) is 22.1 Å². The number of nitrogens with zero attached hydrogens (tertiary/aromatic N) is 3. The van der Waals surface area contributed by atoms with Gasteiger partial charge in [-0.1, -0.05) is 17.7 Å². The predicted molar refractivity (Wildman–Crippen MR) is 110 cm³/mol. The van der Waals surface area contributed by atoms with E-state index in [-0.39, 0.29) is 23.8 Å². The van der Waals surface area contributed by atoms with Gasteiger partial charge in [-0.05, 0) is 30.7 Å². The fraction of sp³-hybridized carbons (Fsp3) is 0.381. The maximum Gasteiger partial charge on any atom is 0.320 e. The van der Waals surface area contributed by atoms with Crippen molar-refractivity contribution in [3.05, 3.63) is 47.2 Å². The lowest BCUT2D eigenvalue weighted by atomic mass is 9.95. The van der Waals surface area contributed by atoms with Crippen LogP contribution in [0.3, 0.4) is 0 Å². The number of aromatic nitrogens is 1. The van der Waals surface area contributed by atoms with Gasteiger partial charge in [-0.2, -0.15) is 0 Å². The number of primary amides is 1. The average molecular weight is 415 g/mol. The number of amides is 3. The topological polar surface area (TPSA) is 88.8 Å². The summed E-state index contributed by atoms with van der Waals surface area (Å²) in [4.78, 5) is 32.0. The first-order valence-electron chi connectivity index (χ1n) is 9.59. The van der Waals surface area contributed by atoms with Crippen LogP contribution in [0.4, 0.5) is 4.79 Å². The van der Waals surface area contributed by atoms with Gasteiger partial charge in [0.05, 0.1) is 13.0 Å². The Bertz CT molecular complexity index is 928. The molecule has 0 aliphatic carbocycles. The van der Waals surface area contributed by atoms with Crippen LogP contribution in [-0.2, 0) is 4.79 Å². The summed E-state index contributed by atoms with van der Waals surface area (Å²) in [6.45, 7) is 2.27. The molecule has 0 saturated carbocycles. The first kappa shape index (κ1) is 19.5. The zero-order chi connectivity index (χ0) is 20.5. The number of halogens is 1. The molecule has 152 valence electrons. The quantitative estimate of drug-likeness (QED) is 0.833. The van der Waals surface area contributed by atoms with Gasteiger partial charge in [-0.25, -0.2) is 4.79 Å². The molecule has 2 aliphatic heterocycles. The predicted octanol–water partition coefficient (Wildman–Crippen LogP) is 2.74. The maximum absolute atomic E-state index is 12.6. The molecule has 2 aliphatic rings. The van der Waals surface area contributed by atoms with Gasteiger partial charge in [0, 0.05) is 60.1 Å². The van der Waals surface area contributed by atoms with Gasteiger partial charge in [0.2, 0.25) is 5.91 Å². The van der Waals surface area contributed by atoms with Crippen LogP contribution in [0.2, 0.25) is 5.02 Å². The minimum absolute atomic E-state index is 0.0208. The molecular formula is C21H23ClN4O3. The van der Waals surface area contributed by atoms with E-state index in [1.54, 1.807) is 23.0 Å². The number of pyridine rings is 1. The number of carbonyl (C=O) groups is 2. The number of methoxy groups -OCH3 is 1. The minimum Gasteiger partial charge on any atom is -0.496 e. The van der Waals surface area contributed by atoms with E-state index in [1.165, 1.54) is 0 Å². The molecule has 0 radical (unpaired) electrons. The zero-order valence-electron chi connectivity index (χ0n) is 16.2. The van der Waals surface area contributed by atoms with Crippen LogP contribution in [0.1, 0.15) is 18.0 Å². The highest BCUT2D eigenvalue weighted by atomic mass is 35.5. The van der Waals surface area contributed by atoms with E-state index < -0.39 is 0 Å². The monoisotopic (exact) mass is 414 g/mol. The third kappa shape index (κ3) is 3.87. The summed E-state index contributed by atoms with van der Waals surface area (Å²) in [6.07, 6.45) is 2.47. The van der Waals surface area contributed by atoms with Crippen LogP contribution in [0.25, 0.3) is 11.1 Å². The second kappa shape index (κ2) is 7.91. The SMILES string of the molecule is COc1cc(Cl)ccc1-c1ccc(C2CN(C(=O)N3CCC(C(N)=O)C3)C2)nc1. The van der Waals surface area contributed by atoms with Crippen molar-refractivity contribution in [1.82, 2.24) is 14.8 Å². The fourth-order valence-corrected chi connectivity index (χ4v) is 4.06. The van der Waals surface area contributed by atoms with Crippen LogP contribution < -0.4 is 10.5 Å². The van der Waals surface area contributed by atoms with Gasteiger partial charge in [0.15, 0.2) is 0 Å². The largest absolute Gasteiger partial charge is 0.496 e. The fourth-order valence-electron chi connectivity index (χ4n) is 3.90. The van der Waals surface area contributed by atoms with Crippen molar-refractivity contribution >= 4 is 23.5 Å². The van der Waals surface area contributed by atoms with Crippen molar-refractivity contribution < 1.29 is 14.3 Å². The molecular weight excluding hydrogens is 392 g/mol. The van der Waals surface area contributed by atoms with Crippen molar-refractivity contribution in [3.63, 3.8) is 0 Å². The Labute approximate surface area is 174 Å². The Morgan fingerprint density at radius 1 is 1.17 bits per heavy atom. The lowest BCUT2D eigenvalue weighted by Crippen LogP contribution is -2.53. The number of benzene rings is 1. The van der Waals surface area contributed by atoms with E-state index in [0.29, 0.717) is 43.4 Å². The van der Waals surface area contributed by atoms with E-state index >= 15 is 0 Å². The molecule has 1 aromatic carbocycles. The number of nitrogens with two attached hydrogens (primary N) is 1. The number of likely N-dealkylation sites (tertiary alicyclic amines) is 2.